The summed E-state index contributed by atoms with van der Waals surface area (Å²) in [6, 6.07) is 14.3. The van der Waals surface area contributed by atoms with Gasteiger partial charge in [-0.3, -0.25) is 9.59 Å². The summed E-state index contributed by atoms with van der Waals surface area (Å²) in [5.41, 5.74) is 1.08. The van der Waals surface area contributed by atoms with Crippen LogP contribution in [0.3, 0.4) is 0 Å². The molecule has 2 aliphatic rings. The van der Waals surface area contributed by atoms with Crippen molar-refractivity contribution in [3.63, 3.8) is 0 Å². The van der Waals surface area contributed by atoms with Crippen LogP contribution in [0.2, 0.25) is 0 Å². The highest BCUT2D eigenvalue weighted by Gasteiger charge is 2.46. The summed E-state index contributed by atoms with van der Waals surface area (Å²) in [5.74, 6) is 0.944. The third-order valence-corrected chi connectivity index (χ3v) is 6.95. The standard InChI is InChI=1S/C22H23N3O2S/c26-21(15-25-8-7-16-4-1-2-5-19(16)25)23-9-11-24(12-10-23)22(27)18-14-17(18)20-6-3-13-28-20/h1-8,13,17-18H,9-12,14-15H2/t17-,18-/m0/s1. The van der Waals surface area contributed by atoms with Crippen LogP contribution in [0.15, 0.2) is 54.0 Å². The highest BCUT2D eigenvalue weighted by molar-refractivity contribution is 7.10. The first-order valence-corrected chi connectivity index (χ1v) is 10.7. The van der Waals surface area contributed by atoms with Gasteiger partial charge in [-0.15, -0.1) is 11.3 Å². The molecule has 0 spiro atoms. The quantitative estimate of drug-likeness (QED) is 0.683. The van der Waals surface area contributed by atoms with Crippen LogP contribution in [0, 0.1) is 5.92 Å². The Bertz CT molecular complexity index is 1000. The maximum atomic E-state index is 12.8. The summed E-state index contributed by atoms with van der Waals surface area (Å²) in [7, 11) is 0. The van der Waals surface area contributed by atoms with Crippen LogP contribution in [0.25, 0.3) is 10.9 Å². The third-order valence-electron chi connectivity index (χ3n) is 5.95. The number of rotatable bonds is 4. The average molecular weight is 394 g/mol. The Morgan fingerprint density at radius 2 is 1.75 bits per heavy atom. The fraction of sp³-hybridized carbons (Fsp3) is 0.364. The zero-order valence-electron chi connectivity index (χ0n) is 15.7. The van der Waals surface area contributed by atoms with Gasteiger partial charge in [0.05, 0.1) is 0 Å². The van der Waals surface area contributed by atoms with Crippen molar-refractivity contribution >= 4 is 34.1 Å². The predicted octanol–water partition coefficient (Wildman–Crippen LogP) is 3.18. The van der Waals surface area contributed by atoms with Gasteiger partial charge in [0, 0.05) is 54.6 Å². The van der Waals surface area contributed by atoms with Crippen molar-refractivity contribution in [2.45, 2.75) is 18.9 Å². The lowest BCUT2D eigenvalue weighted by molar-refractivity contribution is -0.140. The molecule has 1 saturated carbocycles. The summed E-state index contributed by atoms with van der Waals surface area (Å²) in [6.45, 7) is 2.89. The molecule has 1 saturated heterocycles. The molecule has 2 amide bonds. The molecule has 0 unspecified atom stereocenters. The molecule has 6 heteroatoms. The molecule has 0 radical (unpaired) electrons. The number of aromatic nitrogens is 1. The third kappa shape index (κ3) is 3.22. The Morgan fingerprint density at radius 1 is 0.964 bits per heavy atom. The number of amides is 2. The number of nitrogens with zero attached hydrogens (tertiary/aromatic N) is 3. The molecule has 1 aliphatic heterocycles. The lowest BCUT2D eigenvalue weighted by Crippen LogP contribution is -2.51. The van der Waals surface area contributed by atoms with E-state index in [1.807, 2.05) is 44.8 Å². The van der Waals surface area contributed by atoms with Gasteiger partial charge in [0.1, 0.15) is 6.54 Å². The van der Waals surface area contributed by atoms with E-state index >= 15 is 0 Å². The summed E-state index contributed by atoms with van der Waals surface area (Å²) < 4.78 is 2.00. The predicted molar refractivity (Wildman–Crippen MR) is 110 cm³/mol. The molecule has 2 fully saturated rings. The Balaban J connectivity index is 1.16. The Labute approximate surface area is 168 Å². The van der Waals surface area contributed by atoms with Crippen LogP contribution in [-0.4, -0.2) is 52.4 Å². The van der Waals surface area contributed by atoms with E-state index in [1.54, 1.807) is 11.3 Å². The highest BCUT2D eigenvalue weighted by Crippen LogP contribution is 2.50. The van der Waals surface area contributed by atoms with E-state index in [2.05, 4.69) is 23.6 Å². The van der Waals surface area contributed by atoms with Gasteiger partial charge < -0.3 is 14.4 Å². The number of fused-ring (bicyclic) bond motifs is 1. The Morgan fingerprint density at radius 3 is 2.54 bits per heavy atom. The van der Waals surface area contributed by atoms with Crippen molar-refractivity contribution in [1.82, 2.24) is 14.4 Å². The fourth-order valence-electron chi connectivity index (χ4n) is 4.22. The first-order valence-electron chi connectivity index (χ1n) is 9.84. The first kappa shape index (κ1) is 17.5. The van der Waals surface area contributed by atoms with E-state index in [4.69, 9.17) is 0 Å². The molecule has 144 valence electrons. The molecule has 2 atom stereocenters. The maximum absolute atomic E-state index is 12.8. The van der Waals surface area contributed by atoms with Gasteiger partial charge in [-0.2, -0.15) is 0 Å². The molecule has 3 aromatic rings. The summed E-state index contributed by atoms with van der Waals surface area (Å²) in [4.78, 5) is 30.7. The number of hydrogen-bond acceptors (Lipinski definition) is 3. The van der Waals surface area contributed by atoms with Crippen molar-refractivity contribution in [3.05, 3.63) is 58.9 Å². The van der Waals surface area contributed by atoms with Gasteiger partial charge in [0.15, 0.2) is 0 Å². The van der Waals surface area contributed by atoms with E-state index < -0.39 is 0 Å². The van der Waals surface area contributed by atoms with Crippen LogP contribution in [0.1, 0.15) is 17.2 Å². The van der Waals surface area contributed by atoms with Crippen molar-refractivity contribution in [3.8, 4) is 0 Å². The van der Waals surface area contributed by atoms with Crippen LogP contribution in [-0.2, 0) is 16.1 Å². The fourth-order valence-corrected chi connectivity index (χ4v) is 5.13. The number of carbonyl (C=O) groups is 2. The molecule has 5 nitrogen and oxygen atoms in total. The molecule has 0 bridgehead atoms. The lowest BCUT2D eigenvalue weighted by Gasteiger charge is -2.35. The van der Waals surface area contributed by atoms with Gasteiger partial charge >= 0.3 is 0 Å². The van der Waals surface area contributed by atoms with Gasteiger partial charge in [-0.1, -0.05) is 24.3 Å². The number of benzene rings is 1. The molecular formula is C22H23N3O2S. The normalized spacial score (nSPS) is 21.9. The second-order valence-corrected chi connectivity index (χ2v) is 8.65. The van der Waals surface area contributed by atoms with Crippen molar-refractivity contribution < 1.29 is 9.59 Å². The van der Waals surface area contributed by atoms with E-state index in [-0.39, 0.29) is 17.7 Å². The zero-order chi connectivity index (χ0) is 19.1. The monoisotopic (exact) mass is 393 g/mol. The summed E-state index contributed by atoms with van der Waals surface area (Å²) >= 11 is 1.74. The molecule has 5 rings (SSSR count). The van der Waals surface area contributed by atoms with E-state index in [9.17, 15) is 9.59 Å². The van der Waals surface area contributed by atoms with E-state index in [0.29, 0.717) is 38.6 Å². The SMILES string of the molecule is O=C(Cn1ccc2ccccc21)N1CCN(C(=O)[C@H]2C[C@@H]2c2cccs2)CC1. The number of carbonyl (C=O) groups excluding carboxylic acids is 2. The largest absolute Gasteiger partial charge is 0.339 e. The first-order chi connectivity index (χ1) is 13.7. The second-order valence-electron chi connectivity index (χ2n) is 7.67. The Kier molecular flexibility index (Phi) is 4.43. The minimum absolute atomic E-state index is 0.122. The summed E-state index contributed by atoms with van der Waals surface area (Å²) in [6.07, 6.45) is 2.94. The lowest BCUT2D eigenvalue weighted by atomic mass is 10.2. The van der Waals surface area contributed by atoms with Gasteiger partial charge in [0.25, 0.3) is 0 Å². The molecule has 0 N–H and O–H groups in total. The smallest absolute Gasteiger partial charge is 0.242 e. The molecule has 3 heterocycles. The topological polar surface area (TPSA) is 45.6 Å². The van der Waals surface area contributed by atoms with Crippen LogP contribution in [0.5, 0.6) is 0 Å². The highest BCUT2D eigenvalue weighted by atomic mass is 32.1. The van der Waals surface area contributed by atoms with Gasteiger partial charge in [-0.25, -0.2) is 0 Å². The molecule has 1 aromatic carbocycles. The molecular weight excluding hydrogens is 370 g/mol. The number of para-hydroxylation sites is 1. The second kappa shape index (κ2) is 7.09. The average Bonchev–Trinajstić information content (AvgIpc) is 3.14. The molecule has 1 aliphatic carbocycles. The van der Waals surface area contributed by atoms with Crippen LogP contribution in [0.4, 0.5) is 0 Å². The zero-order valence-corrected chi connectivity index (χ0v) is 16.5. The number of thiophene rings is 1. The number of piperazine rings is 1. The molecule has 28 heavy (non-hydrogen) atoms. The van der Waals surface area contributed by atoms with Crippen molar-refractivity contribution in [2.24, 2.45) is 5.92 Å². The minimum Gasteiger partial charge on any atom is -0.339 e. The molecule has 2 aromatic heterocycles. The minimum atomic E-state index is 0.122. The van der Waals surface area contributed by atoms with Crippen LogP contribution < -0.4 is 0 Å². The Hall–Kier alpha value is -2.60. The van der Waals surface area contributed by atoms with Gasteiger partial charge in [0.2, 0.25) is 11.8 Å². The number of hydrogen-bond donors (Lipinski definition) is 0. The van der Waals surface area contributed by atoms with Crippen molar-refractivity contribution in [1.29, 1.82) is 0 Å². The van der Waals surface area contributed by atoms with Crippen LogP contribution >= 0.6 is 11.3 Å². The summed E-state index contributed by atoms with van der Waals surface area (Å²) in [5, 5.41) is 3.23. The van der Waals surface area contributed by atoms with Crippen molar-refractivity contribution in [2.75, 3.05) is 26.2 Å². The van der Waals surface area contributed by atoms with Gasteiger partial charge in [-0.05, 0) is 35.4 Å². The maximum Gasteiger partial charge on any atom is 0.242 e. The van der Waals surface area contributed by atoms with E-state index in [0.717, 1.165) is 17.3 Å². The van der Waals surface area contributed by atoms with E-state index in [1.165, 1.54) is 4.88 Å².